The van der Waals surface area contributed by atoms with Crippen molar-refractivity contribution in [3.8, 4) is 17.0 Å². The summed E-state index contributed by atoms with van der Waals surface area (Å²) in [6.45, 7) is -0.0637. The molecule has 0 bridgehead atoms. The number of aromatic nitrogens is 1. The highest BCUT2D eigenvalue weighted by Gasteiger charge is 2.18. The van der Waals surface area contributed by atoms with E-state index in [0.717, 1.165) is 40.8 Å². The van der Waals surface area contributed by atoms with Gasteiger partial charge in [-0.05, 0) is 37.5 Å². The lowest BCUT2D eigenvalue weighted by molar-refractivity contribution is -0.118. The van der Waals surface area contributed by atoms with Gasteiger partial charge in [0.25, 0.3) is 5.91 Å². The molecule has 0 unspecified atom stereocenters. The Morgan fingerprint density at radius 3 is 2.90 bits per heavy atom. The summed E-state index contributed by atoms with van der Waals surface area (Å²) in [5.74, 6) is 1.54. The van der Waals surface area contributed by atoms with Crippen molar-refractivity contribution in [2.45, 2.75) is 25.7 Å². The van der Waals surface area contributed by atoms with Gasteiger partial charge in [-0.2, -0.15) is 0 Å². The topological polar surface area (TPSA) is 64.4 Å². The predicted octanol–water partition coefficient (Wildman–Crippen LogP) is 5.45. The maximum Gasteiger partial charge on any atom is 0.264 e. The molecule has 6 heteroatoms. The molecule has 0 atom stereocenters. The molecule has 5 nitrogen and oxygen atoms in total. The Morgan fingerprint density at radius 2 is 2.00 bits per heavy atom. The van der Waals surface area contributed by atoms with Crippen molar-refractivity contribution in [3.05, 3.63) is 65.2 Å². The molecule has 1 N–H and O–H groups in total. The van der Waals surface area contributed by atoms with E-state index in [1.807, 2.05) is 53.9 Å². The number of thiazole rings is 1. The zero-order chi connectivity index (χ0) is 19.6. The van der Waals surface area contributed by atoms with Crippen LogP contribution >= 0.6 is 11.3 Å². The van der Waals surface area contributed by atoms with Gasteiger partial charge in [0.15, 0.2) is 11.7 Å². The Labute approximate surface area is 172 Å². The van der Waals surface area contributed by atoms with Crippen molar-refractivity contribution in [1.82, 2.24) is 4.98 Å². The number of ether oxygens (including phenoxy) is 1. The van der Waals surface area contributed by atoms with Gasteiger partial charge >= 0.3 is 0 Å². The molecule has 2 aromatic heterocycles. The first-order chi connectivity index (χ1) is 14.3. The number of benzene rings is 2. The number of amides is 1. The molecule has 29 heavy (non-hydrogen) atoms. The maximum atomic E-state index is 12.3. The Kier molecular flexibility index (Phi) is 4.77. The summed E-state index contributed by atoms with van der Waals surface area (Å²) in [5.41, 5.74) is 4.06. The minimum absolute atomic E-state index is 0.0637. The van der Waals surface area contributed by atoms with Gasteiger partial charge in [0.05, 0.1) is 5.69 Å². The Bertz CT molecular complexity index is 1160. The molecule has 4 aromatic rings. The number of anilines is 1. The van der Waals surface area contributed by atoms with E-state index in [0.29, 0.717) is 10.9 Å². The predicted molar refractivity (Wildman–Crippen MR) is 115 cm³/mol. The molecule has 0 aliphatic heterocycles. The second kappa shape index (κ2) is 7.72. The quantitative estimate of drug-likeness (QED) is 0.480. The van der Waals surface area contributed by atoms with Crippen molar-refractivity contribution in [1.29, 1.82) is 0 Å². The van der Waals surface area contributed by atoms with Gasteiger partial charge < -0.3 is 9.15 Å². The fourth-order valence-electron chi connectivity index (χ4n) is 3.71. The lowest BCUT2D eigenvalue weighted by Gasteiger charge is -2.09. The number of fused-ring (bicyclic) bond motifs is 3. The standard InChI is InChI=1S/C23H20N2O3S/c26-22(25-23-24-19(14-29-23)15-6-2-1-3-7-15)13-27-16-10-11-21-18(12-16)17-8-4-5-9-20(17)28-21/h1-3,6-7,10-12,14H,4-5,8-9,13H2,(H,24,25,26). The first-order valence-corrected chi connectivity index (χ1v) is 10.6. The van der Waals surface area contributed by atoms with Crippen LogP contribution in [0.1, 0.15) is 24.2 Å². The van der Waals surface area contributed by atoms with E-state index in [1.165, 1.54) is 29.7 Å². The molecule has 2 aromatic carbocycles. The zero-order valence-corrected chi connectivity index (χ0v) is 16.6. The summed E-state index contributed by atoms with van der Waals surface area (Å²) >= 11 is 1.40. The van der Waals surface area contributed by atoms with Crippen LogP contribution in [0.3, 0.4) is 0 Å². The SMILES string of the molecule is O=C(COc1ccc2oc3c(c2c1)CCCC3)Nc1nc(-c2ccccc2)cs1. The van der Waals surface area contributed by atoms with E-state index >= 15 is 0 Å². The molecule has 0 saturated carbocycles. The molecule has 1 amide bonds. The normalized spacial score (nSPS) is 13.2. The summed E-state index contributed by atoms with van der Waals surface area (Å²) in [5, 5.41) is 6.41. The van der Waals surface area contributed by atoms with Gasteiger partial charge in [-0.15, -0.1) is 11.3 Å². The lowest BCUT2D eigenvalue weighted by Crippen LogP contribution is -2.20. The molecular formula is C23H20N2O3S. The summed E-state index contributed by atoms with van der Waals surface area (Å²) < 4.78 is 11.7. The molecule has 0 spiro atoms. The number of rotatable bonds is 5. The number of carbonyl (C=O) groups excluding carboxylic acids is 1. The van der Waals surface area contributed by atoms with Gasteiger partial charge in [-0.1, -0.05) is 30.3 Å². The van der Waals surface area contributed by atoms with Crippen molar-refractivity contribution < 1.29 is 13.9 Å². The van der Waals surface area contributed by atoms with Crippen LogP contribution in [0.15, 0.2) is 58.3 Å². The van der Waals surface area contributed by atoms with Crippen LogP contribution in [-0.4, -0.2) is 17.5 Å². The average molecular weight is 404 g/mol. The van der Waals surface area contributed by atoms with Crippen LogP contribution in [0.5, 0.6) is 5.75 Å². The fraction of sp³-hybridized carbons (Fsp3) is 0.217. The van der Waals surface area contributed by atoms with Crippen molar-refractivity contribution in [2.24, 2.45) is 0 Å². The van der Waals surface area contributed by atoms with Gasteiger partial charge in [0.1, 0.15) is 17.1 Å². The van der Waals surface area contributed by atoms with Gasteiger partial charge in [0.2, 0.25) is 0 Å². The third-order valence-corrected chi connectivity index (χ3v) is 5.87. The number of aryl methyl sites for hydroxylation is 2. The smallest absolute Gasteiger partial charge is 0.264 e. The van der Waals surface area contributed by atoms with E-state index in [1.54, 1.807) is 0 Å². The van der Waals surface area contributed by atoms with Crippen LogP contribution in [0.4, 0.5) is 5.13 Å². The number of nitrogens with one attached hydrogen (secondary N) is 1. The Hall–Kier alpha value is -3.12. The molecule has 2 heterocycles. The van der Waals surface area contributed by atoms with E-state index in [-0.39, 0.29) is 12.5 Å². The van der Waals surface area contributed by atoms with Crippen molar-refractivity contribution in [2.75, 3.05) is 11.9 Å². The van der Waals surface area contributed by atoms with Gasteiger partial charge in [-0.3, -0.25) is 10.1 Å². The maximum absolute atomic E-state index is 12.3. The second-order valence-electron chi connectivity index (χ2n) is 7.11. The fourth-order valence-corrected chi connectivity index (χ4v) is 4.44. The van der Waals surface area contributed by atoms with Crippen LogP contribution in [0, 0.1) is 0 Å². The molecule has 0 fully saturated rings. The molecule has 0 saturated heterocycles. The Balaban J connectivity index is 1.23. The van der Waals surface area contributed by atoms with Gasteiger partial charge in [-0.25, -0.2) is 4.98 Å². The number of carbonyl (C=O) groups is 1. The molecule has 0 radical (unpaired) electrons. The highest BCUT2D eigenvalue weighted by atomic mass is 32.1. The molecule has 146 valence electrons. The van der Waals surface area contributed by atoms with Crippen LogP contribution < -0.4 is 10.1 Å². The van der Waals surface area contributed by atoms with E-state index in [2.05, 4.69) is 10.3 Å². The van der Waals surface area contributed by atoms with Crippen LogP contribution in [0.2, 0.25) is 0 Å². The largest absolute Gasteiger partial charge is 0.484 e. The van der Waals surface area contributed by atoms with Crippen molar-refractivity contribution >= 4 is 33.3 Å². The van der Waals surface area contributed by atoms with E-state index in [9.17, 15) is 4.79 Å². The molecular weight excluding hydrogens is 384 g/mol. The third kappa shape index (κ3) is 3.76. The lowest BCUT2D eigenvalue weighted by atomic mass is 9.96. The monoisotopic (exact) mass is 404 g/mol. The minimum Gasteiger partial charge on any atom is -0.484 e. The molecule has 1 aliphatic rings. The third-order valence-electron chi connectivity index (χ3n) is 5.12. The number of furan rings is 1. The number of hydrogen-bond acceptors (Lipinski definition) is 5. The number of hydrogen-bond donors (Lipinski definition) is 1. The van der Waals surface area contributed by atoms with E-state index in [4.69, 9.17) is 9.15 Å². The first-order valence-electron chi connectivity index (χ1n) is 9.74. The second-order valence-corrected chi connectivity index (χ2v) is 7.97. The highest BCUT2D eigenvalue weighted by molar-refractivity contribution is 7.14. The average Bonchev–Trinajstić information content (AvgIpc) is 3.37. The van der Waals surface area contributed by atoms with Crippen LogP contribution in [-0.2, 0) is 17.6 Å². The summed E-state index contributed by atoms with van der Waals surface area (Å²) in [6.07, 6.45) is 4.41. The first kappa shape index (κ1) is 17.9. The van der Waals surface area contributed by atoms with E-state index < -0.39 is 0 Å². The summed E-state index contributed by atoms with van der Waals surface area (Å²) in [7, 11) is 0. The molecule has 1 aliphatic carbocycles. The minimum atomic E-state index is -0.228. The van der Waals surface area contributed by atoms with Crippen molar-refractivity contribution in [3.63, 3.8) is 0 Å². The zero-order valence-electron chi connectivity index (χ0n) is 15.8. The Morgan fingerprint density at radius 1 is 1.14 bits per heavy atom. The summed E-state index contributed by atoms with van der Waals surface area (Å²) in [4.78, 5) is 16.8. The van der Waals surface area contributed by atoms with Crippen LogP contribution in [0.25, 0.3) is 22.2 Å². The summed E-state index contributed by atoms with van der Waals surface area (Å²) in [6, 6.07) is 15.6. The highest BCUT2D eigenvalue weighted by Crippen LogP contribution is 2.34. The molecule has 5 rings (SSSR count). The number of nitrogens with zero attached hydrogens (tertiary/aromatic N) is 1. The van der Waals surface area contributed by atoms with Gasteiger partial charge in [0, 0.05) is 28.3 Å².